The summed E-state index contributed by atoms with van der Waals surface area (Å²) >= 11 is 5.86. The van der Waals surface area contributed by atoms with Gasteiger partial charge in [0.25, 0.3) is 0 Å². The van der Waals surface area contributed by atoms with E-state index < -0.39 is 0 Å². The Morgan fingerprint density at radius 2 is 2.00 bits per heavy atom. The van der Waals surface area contributed by atoms with Gasteiger partial charge < -0.3 is 15.3 Å². The lowest BCUT2D eigenvalue weighted by Gasteiger charge is -2.25. The third-order valence-corrected chi connectivity index (χ3v) is 3.07. The van der Waals surface area contributed by atoms with Crippen molar-refractivity contribution < 1.29 is 5.11 Å². The van der Waals surface area contributed by atoms with E-state index in [0.717, 1.165) is 17.3 Å². The van der Waals surface area contributed by atoms with Gasteiger partial charge in [-0.2, -0.15) is 0 Å². The van der Waals surface area contributed by atoms with Gasteiger partial charge in [-0.05, 0) is 31.2 Å². The van der Waals surface area contributed by atoms with E-state index in [9.17, 15) is 5.11 Å². The van der Waals surface area contributed by atoms with Crippen LogP contribution in [0.4, 0.5) is 5.69 Å². The second kappa shape index (κ2) is 5.04. The number of β-amino-alcohol motifs (C(OH)–C–C–N with tert-alkyl or cyclic N) is 1. The molecule has 88 valence electrons. The van der Waals surface area contributed by atoms with Crippen molar-refractivity contribution >= 4 is 17.3 Å². The largest absolute Gasteiger partial charge is 0.390 e. The molecule has 1 saturated heterocycles. The van der Waals surface area contributed by atoms with E-state index in [1.54, 1.807) is 0 Å². The molecule has 2 rings (SSSR count). The predicted octanol–water partition coefficient (Wildman–Crippen LogP) is 1.50. The van der Waals surface area contributed by atoms with Crippen LogP contribution in [-0.2, 0) is 0 Å². The number of anilines is 1. The Morgan fingerprint density at radius 1 is 1.31 bits per heavy atom. The lowest BCUT2D eigenvalue weighted by Crippen LogP contribution is -2.35. The quantitative estimate of drug-likeness (QED) is 0.781. The van der Waals surface area contributed by atoms with Crippen LogP contribution in [0.1, 0.15) is 6.92 Å². The maximum atomic E-state index is 9.76. The van der Waals surface area contributed by atoms with Gasteiger partial charge in [0.15, 0.2) is 0 Å². The van der Waals surface area contributed by atoms with E-state index in [4.69, 9.17) is 11.6 Å². The maximum absolute atomic E-state index is 9.76. The van der Waals surface area contributed by atoms with Gasteiger partial charge >= 0.3 is 0 Å². The van der Waals surface area contributed by atoms with Crippen molar-refractivity contribution in [2.45, 2.75) is 19.1 Å². The summed E-state index contributed by atoms with van der Waals surface area (Å²) < 4.78 is 0. The minimum absolute atomic E-state index is 0.319. The van der Waals surface area contributed by atoms with Gasteiger partial charge in [-0.3, -0.25) is 0 Å². The van der Waals surface area contributed by atoms with Crippen LogP contribution in [0.25, 0.3) is 0 Å². The molecule has 0 amide bonds. The van der Waals surface area contributed by atoms with Crippen LogP contribution in [0.2, 0.25) is 5.02 Å². The van der Waals surface area contributed by atoms with Crippen molar-refractivity contribution in [2.75, 3.05) is 24.5 Å². The summed E-state index contributed by atoms with van der Waals surface area (Å²) in [5.74, 6) is 0. The van der Waals surface area contributed by atoms with E-state index in [2.05, 4.69) is 17.1 Å². The number of benzene rings is 1. The standard InChI is InChI=1S/C12H17ClN2O/c1-9-7-15(8-12(16)6-14-9)11-4-2-10(13)3-5-11/h2-5,9,12,14,16H,6-8H2,1H3. The average Bonchev–Trinajstić information content (AvgIpc) is 2.42. The fourth-order valence-electron chi connectivity index (χ4n) is 1.99. The van der Waals surface area contributed by atoms with Crippen LogP contribution in [0.5, 0.6) is 0 Å². The maximum Gasteiger partial charge on any atom is 0.0839 e. The molecule has 1 aromatic carbocycles. The predicted molar refractivity (Wildman–Crippen MR) is 67.1 cm³/mol. The van der Waals surface area contributed by atoms with Crippen molar-refractivity contribution in [3.05, 3.63) is 29.3 Å². The Labute approximate surface area is 101 Å². The zero-order valence-electron chi connectivity index (χ0n) is 9.36. The third kappa shape index (κ3) is 2.88. The molecule has 1 fully saturated rings. The Morgan fingerprint density at radius 3 is 2.69 bits per heavy atom. The second-order valence-corrected chi connectivity index (χ2v) is 4.78. The average molecular weight is 241 g/mol. The van der Waals surface area contributed by atoms with Gasteiger partial charge in [-0.15, -0.1) is 0 Å². The van der Waals surface area contributed by atoms with E-state index in [1.165, 1.54) is 0 Å². The molecular formula is C12H17ClN2O. The van der Waals surface area contributed by atoms with Gasteiger partial charge in [0.1, 0.15) is 0 Å². The molecule has 0 saturated carbocycles. The Balaban J connectivity index is 2.14. The van der Waals surface area contributed by atoms with E-state index in [0.29, 0.717) is 19.1 Å². The first-order chi connectivity index (χ1) is 7.65. The highest BCUT2D eigenvalue weighted by Gasteiger charge is 2.19. The van der Waals surface area contributed by atoms with Crippen molar-refractivity contribution in [3.63, 3.8) is 0 Å². The fraction of sp³-hybridized carbons (Fsp3) is 0.500. The monoisotopic (exact) mass is 240 g/mol. The lowest BCUT2D eigenvalue weighted by molar-refractivity contribution is 0.183. The first kappa shape index (κ1) is 11.7. The summed E-state index contributed by atoms with van der Waals surface area (Å²) in [7, 11) is 0. The number of nitrogens with one attached hydrogen (secondary N) is 1. The minimum atomic E-state index is -0.319. The molecule has 2 N–H and O–H groups in total. The van der Waals surface area contributed by atoms with Crippen LogP contribution in [0.3, 0.4) is 0 Å². The van der Waals surface area contributed by atoms with Crippen molar-refractivity contribution in [1.82, 2.24) is 5.32 Å². The molecule has 1 aromatic rings. The second-order valence-electron chi connectivity index (χ2n) is 4.34. The molecule has 0 aliphatic carbocycles. The van der Waals surface area contributed by atoms with Crippen LogP contribution in [0.15, 0.2) is 24.3 Å². The van der Waals surface area contributed by atoms with Crippen LogP contribution < -0.4 is 10.2 Å². The Kier molecular flexibility index (Phi) is 3.69. The van der Waals surface area contributed by atoms with Crippen LogP contribution in [0, 0.1) is 0 Å². The molecule has 16 heavy (non-hydrogen) atoms. The topological polar surface area (TPSA) is 35.5 Å². The summed E-state index contributed by atoms with van der Waals surface area (Å²) in [6, 6.07) is 8.13. The van der Waals surface area contributed by atoms with Crippen molar-refractivity contribution in [1.29, 1.82) is 0 Å². The lowest BCUT2D eigenvalue weighted by atomic mass is 10.2. The minimum Gasteiger partial charge on any atom is -0.390 e. The summed E-state index contributed by atoms with van der Waals surface area (Å²) in [6.45, 7) is 4.35. The summed E-state index contributed by atoms with van der Waals surface area (Å²) in [4.78, 5) is 2.19. The molecule has 2 atom stereocenters. The molecule has 0 bridgehead atoms. The van der Waals surface area contributed by atoms with Gasteiger partial charge in [0, 0.05) is 36.4 Å². The molecule has 1 aliphatic rings. The highest BCUT2D eigenvalue weighted by atomic mass is 35.5. The molecule has 1 heterocycles. The Bertz CT molecular complexity index is 329. The van der Waals surface area contributed by atoms with Crippen molar-refractivity contribution in [2.24, 2.45) is 0 Å². The first-order valence-electron chi connectivity index (χ1n) is 5.57. The highest BCUT2D eigenvalue weighted by Crippen LogP contribution is 2.19. The molecule has 0 radical (unpaired) electrons. The first-order valence-corrected chi connectivity index (χ1v) is 5.95. The Hall–Kier alpha value is -0.770. The van der Waals surface area contributed by atoms with Gasteiger partial charge in [0.2, 0.25) is 0 Å². The summed E-state index contributed by atoms with van der Waals surface area (Å²) in [5.41, 5.74) is 1.11. The smallest absolute Gasteiger partial charge is 0.0839 e. The van der Waals surface area contributed by atoms with E-state index in [1.807, 2.05) is 24.3 Å². The van der Waals surface area contributed by atoms with Crippen LogP contribution >= 0.6 is 11.6 Å². The molecule has 3 nitrogen and oxygen atoms in total. The SMILES string of the molecule is CC1CN(c2ccc(Cl)cc2)CC(O)CN1. The molecule has 2 unspecified atom stereocenters. The zero-order valence-corrected chi connectivity index (χ0v) is 10.1. The normalized spacial score (nSPS) is 26.6. The highest BCUT2D eigenvalue weighted by molar-refractivity contribution is 6.30. The van der Waals surface area contributed by atoms with Gasteiger partial charge in [0.05, 0.1) is 6.10 Å². The summed E-state index contributed by atoms with van der Waals surface area (Å²) in [5, 5.41) is 13.8. The molecule has 0 spiro atoms. The molecular weight excluding hydrogens is 224 g/mol. The molecule has 1 aliphatic heterocycles. The number of aliphatic hydroxyl groups is 1. The van der Waals surface area contributed by atoms with E-state index >= 15 is 0 Å². The van der Waals surface area contributed by atoms with Crippen LogP contribution in [-0.4, -0.2) is 36.9 Å². The molecule has 0 aromatic heterocycles. The third-order valence-electron chi connectivity index (χ3n) is 2.82. The number of hydrogen-bond acceptors (Lipinski definition) is 3. The van der Waals surface area contributed by atoms with E-state index in [-0.39, 0.29) is 6.10 Å². The number of nitrogens with zero attached hydrogens (tertiary/aromatic N) is 1. The number of rotatable bonds is 1. The van der Waals surface area contributed by atoms with Crippen molar-refractivity contribution in [3.8, 4) is 0 Å². The number of halogens is 1. The number of aliphatic hydroxyl groups excluding tert-OH is 1. The molecule has 4 heteroatoms. The number of hydrogen-bond donors (Lipinski definition) is 2. The summed E-state index contributed by atoms with van der Waals surface area (Å²) in [6.07, 6.45) is -0.319. The van der Waals surface area contributed by atoms with Gasteiger partial charge in [-0.25, -0.2) is 0 Å². The van der Waals surface area contributed by atoms with Gasteiger partial charge in [-0.1, -0.05) is 11.6 Å². The fourth-order valence-corrected chi connectivity index (χ4v) is 2.11. The zero-order chi connectivity index (χ0) is 11.5.